The number of benzene rings is 1. The molecule has 0 aliphatic heterocycles. The van der Waals surface area contributed by atoms with Crippen LogP contribution in [0, 0.1) is 18.8 Å². The van der Waals surface area contributed by atoms with Gasteiger partial charge in [0, 0.05) is 5.92 Å². The number of aryl methyl sites for hydroxylation is 1. The predicted molar refractivity (Wildman–Crippen MR) is 68.7 cm³/mol. The van der Waals surface area contributed by atoms with Crippen LogP contribution in [-0.2, 0) is 17.6 Å². The second-order valence-corrected chi connectivity index (χ2v) is 5.18. The molecule has 1 nitrogen and oxygen atoms in total. The van der Waals surface area contributed by atoms with Crippen LogP contribution in [0.15, 0.2) is 18.2 Å². The first kappa shape index (κ1) is 13.0. The Morgan fingerprint density at radius 3 is 2.44 bits per heavy atom. The van der Waals surface area contributed by atoms with Crippen molar-refractivity contribution in [3.05, 3.63) is 34.9 Å². The largest absolute Gasteiger partial charge is 0.303 e. The van der Waals surface area contributed by atoms with E-state index in [0.717, 1.165) is 19.1 Å². The maximum Gasteiger partial charge on any atom is 0.123 e. The van der Waals surface area contributed by atoms with Gasteiger partial charge in [-0.3, -0.25) is 0 Å². The molecule has 0 heterocycles. The number of hydrogen-bond acceptors (Lipinski definition) is 1. The fraction of sp³-hybridized carbons (Fsp3) is 0.533. The Morgan fingerprint density at radius 2 is 1.88 bits per heavy atom. The zero-order valence-corrected chi connectivity index (χ0v) is 10.8. The molecular formula is C15H22O. The first-order valence-electron chi connectivity index (χ1n) is 6.06. The molecular weight excluding hydrogens is 196 g/mol. The molecule has 88 valence electrons. The van der Waals surface area contributed by atoms with Gasteiger partial charge in [-0.1, -0.05) is 39.0 Å². The molecule has 1 atom stereocenters. The van der Waals surface area contributed by atoms with Crippen LogP contribution in [0.25, 0.3) is 0 Å². The second-order valence-electron chi connectivity index (χ2n) is 5.18. The molecule has 0 N–H and O–H groups in total. The monoisotopic (exact) mass is 218 g/mol. The Kier molecular flexibility index (Phi) is 4.72. The summed E-state index contributed by atoms with van der Waals surface area (Å²) >= 11 is 0. The van der Waals surface area contributed by atoms with Crippen molar-refractivity contribution in [3.63, 3.8) is 0 Å². The van der Waals surface area contributed by atoms with E-state index >= 15 is 0 Å². The number of rotatable bonds is 5. The maximum atomic E-state index is 10.7. The molecule has 1 heteroatoms. The third kappa shape index (κ3) is 3.80. The van der Waals surface area contributed by atoms with Crippen LogP contribution in [0.2, 0.25) is 0 Å². The molecule has 1 unspecified atom stereocenters. The van der Waals surface area contributed by atoms with E-state index in [1.807, 2.05) is 6.92 Å². The molecule has 0 fully saturated rings. The van der Waals surface area contributed by atoms with Gasteiger partial charge in [0.15, 0.2) is 0 Å². The average Bonchev–Trinajstić information content (AvgIpc) is 2.22. The molecule has 0 spiro atoms. The third-order valence-corrected chi connectivity index (χ3v) is 2.83. The second kappa shape index (κ2) is 5.83. The fourth-order valence-corrected chi connectivity index (χ4v) is 1.94. The number of carbonyl (C=O) groups excluding carboxylic acids is 1. The van der Waals surface area contributed by atoms with Crippen molar-refractivity contribution in [2.45, 2.75) is 40.5 Å². The normalized spacial score (nSPS) is 12.8. The Bertz CT molecular complexity index is 352. The highest BCUT2D eigenvalue weighted by Crippen LogP contribution is 2.17. The lowest BCUT2D eigenvalue weighted by Crippen LogP contribution is -2.04. The minimum atomic E-state index is 0.119. The van der Waals surface area contributed by atoms with Crippen molar-refractivity contribution in [2.24, 2.45) is 11.8 Å². The van der Waals surface area contributed by atoms with Gasteiger partial charge in [-0.15, -0.1) is 0 Å². The molecule has 0 bridgehead atoms. The van der Waals surface area contributed by atoms with Crippen molar-refractivity contribution < 1.29 is 4.79 Å². The molecule has 0 aliphatic carbocycles. The van der Waals surface area contributed by atoms with Gasteiger partial charge in [-0.2, -0.15) is 0 Å². The van der Waals surface area contributed by atoms with Crippen LogP contribution in [0.4, 0.5) is 0 Å². The molecule has 0 radical (unpaired) electrons. The third-order valence-electron chi connectivity index (χ3n) is 2.83. The van der Waals surface area contributed by atoms with E-state index in [-0.39, 0.29) is 5.92 Å². The zero-order valence-electron chi connectivity index (χ0n) is 10.8. The van der Waals surface area contributed by atoms with Gasteiger partial charge in [0.25, 0.3) is 0 Å². The molecule has 0 aromatic heterocycles. The van der Waals surface area contributed by atoms with Crippen LogP contribution >= 0.6 is 0 Å². The van der Waals surface area contributed by atoms with Crippen molar-refractivity contribution >= 4 is 6.29 Å². The molecule has 0 aliphatic rings. The lowest BCUT2D eigenvalue weighted by Gasteiger charge is -2.11. The van der Waals surface area contributed by atoms with E-state index in [4.69, 9.17) is 0 Å². The van der Waals surface area contributed by atoms with Crippen molar-refractivity contribution in [1.82, 2.24) is 0 Å². The molecule has 16 heavy (non-hydrogen) atoms. The summed E-state index contributed by atoms with van der Waals surface area (Å²) in [4.78, 5) is 10.7. The quantitative estimate of drug-likeness (QED) is 0.690. The van der Waals surface area contributed by atoms with E-state index in [2.05, 4.69) is 39.0 Å². The van der Waals surface area contributed by atoms with Gasteiger partial charge in [0.2, 0.25) is 0 Å². The van der Waals surface area contributed by atoms with E-state index in [1.54, 1.807) is 0 Å². The summed E-state index contributed by atoms with van der Waals surface area (Å²) in [5.74, 6) is 0.798. The summed E-state index contributed by atoms with van der Waals surface area (Å²) in [6, 6.07) is 6.63. The first-order valence-corrected chi connectivity index (χ1v) is 6.06. The number of aldehydes is 1. The summed E-state index contributed by atoms with van der Waals surface area (Å²) < 4.78 is 0. The fourth-order valence-electron chi connectivity index (χ4n) is 1.94. The summed E-state index contributed by atoms with van der Waals surface area (Å²) in [5, 5.41) is 0. The van der Waals surface area contributed by atoms with Gasteiger partial charge in [0.1, 0.15) is 6.29 Å². The number of hydrogen-bond donors (Lipinski definition) is 0. The van der Waals surface area contributed by atoms with Gasteiger partial charge in [0.05, 0.1) is 0 Å². The van der Waals surface area contributed by atoms with E-state index < -0.39 is 0 Å². The first-order chi connectivity index (χ1) is 7.52. The Balaban J connectivity index is 2.85. The van der Waals surface area contributed by atoms with Crippen LogP contribution in [0.5, 0.6) is 0 Å². The van der Waals surface area contributed by atoms with Gasteiger partial charge in [-0.05, 0) is 42.4 Å². The minimum absolute atomic E-state index is 0.119. The minimum Gasteiger partial charge on any atom is -0.303 e. The summed E-state index contributed by atoms with van der Waals surface area (Å²) in [5.41, 5.74) is 3.99. The highest BCUT2D eigenvalue weighted by atomic mass is 16.1. The predicted octanol–water partition coefficient (Wildman–Crippen LogP) is 3.57. The summed E-state index contributed by atoms with van der Waals surface area (Å²) in [6.07, 6.45) is 3.01. The maximum absolute atomic E-state index is 10.7. The summed E-state index contributed by atoms with van der Waals surface area (Å²) in [7, 11) is 0. The van der Waals surface area contributed by atoms with Crippen LogP contribution in [-0.4, -0.2) is 6.29 Å². The lowest BCUT2D eigenvalue weighted by atomic mass is 9.94. The Morgan fingerprint density at radius 1 is 1.19 bits per heavy atom. The van der Waals surface area contributed by atoms with Crippen LogP contribution in [0.1, 0.15) is 37.5 Å². The van der Waals surface area contributed by atoms with E-state index in [9.17, 15) is 4.79 Å². The Labute approximate surface area is 98.9 Å². The van der Waals surface area contributed by atoms with Crippen LogP contribution < -0.4 is 0 Å². The number of carbonyl (C=O) groups is 1. The topological polar surface area (TPSA) is 17.1 Å². The average molecular weight is 218 g/mol. The molecule has 1 aromatic carbocycles. The highest BCUT2D eigenvalue weighted by molar-refractivity contribution is 5.54. The molecule has 0 amide bonds. The molecule has 1 rings (SSSR count). The highest BCUT2D eigenvalue weighted by Gasteiger charge is 2.06. The molecule has 0 saturated carbocycles. The van der Waals surface area contributed by atoms with Gasteiger partial charge < -0.3 is 4.79 Å². The van der Waals surface area contributed by atoms with Crippen molar-refractivity contribution in [2.75, 3.05) is 0 Å². The van der Waals surface area contributed by atoms with E-state index in [1.165, 1.54) is 16.7 Å². The van der Waals surface area contributed by atoms with Crippen molar-refractivity contribution in [3.8, 4) is 0 Å². The van der Waals surface area contributed by atoms with E-state index in [0.29, 0.717) is 5.92 Å². The SMILES string of the molecule is Cc1ccc(CC(C)C)cc1CC(C)C=O. The zero-order chi connectivity index (χ0) is 12.1. The molecule has 0 saturated heterocycles. The lowest BCUT2D eigenvalue weighted by molar-refractivity contribution is -0.110. The molecule has 1 aromatic rings. The van der Waals surface area contributed by atoms with Gasteiger partial charge >= 0.3 is 0 Å². The standard InChI is InChI=1S/C15H22O/c1-11(2)7-14-6-5-13(4)15(9-14)8-12(3)10-16/h5-6,9-12H,7-8H2,1-4H3. The summed E-state index contributed by atoms with van der Waals surface area (Å²) in [6.45, 7) is 8.55. The Hall–Kier alpha value is -1.11. The van der Waals surface area contributed by atoms with Gasteiger partial charge in [-0.25, -0.2) is 0 Å². The smallest absolute Gasteiger partial charge is 0.123 e. The van der Waals surface area contributed by atoms with Crippen molar-refractivity contribution in [1.29, 1.82) is 0 Å². The van der Waals surface area contributed by atoms with Crippen LogP contribution in [0.3, 0.4) is 0 Å².